The average Bonchev–Trinajstić information content (AvgIpc) is 2.64. The van der Waals surface area contributed by atoms with Gasteiger partial charge in [-0.1, -0.05) is 0 Å². The summed E-state index contributed by atoms with van der Waals surface area (Å²) in [5.41, 5.74) is -0.226. The van der Waals surface area contributed by atoms with Gasteiger partial charge in [-0.3, -0.25) is 14.9 Å². The van der Waals surface area contributed by atoms with Gasteiger partial charge in [-0.05, 0) is 25.2 Å². The average molecular weight is 377 g/mol. The van der Waals surface area contributed by atoms with Crippen LogP contribution in [0, 0.1) is 21.7 Å². The Morgan fingerprint density at radius 1 is 1.07 bits per heavy atom. The molecular formula is C18H17F2N3O4. The summed E-state index contributed by atoms with van der Waals surface area (Å²) in [4.78, 5) is 26.9. The van der Waals surface area contributed by atoms with Crippen LogP contribution >= 0.6 is 0 Å². The first-order chi connectivity index (χ1) is 12.8. The lowest BCUT2D eigenvalue weighted by molar-refractivity contribution is -0.385. The number of halogens is 2. The third-order valence-corrected chi connectivity index (χ3v) is 4.31. The maximum atomic E-state index is 13.8. The van der Waals surface area contributed by atoms with Crippen molar-refractivity contribution in [1.82, 2.24) is 9.80 Å². The summed E-state index contributed by atoms with van der Waals surface area (Å²) >= 11 is 0. The van der Waals surface area contributed by atoms with Crippen LogP contribution in [-0.2, 0) is 0 Å². The molecule has 9 heteroatoms. The Bertz CT molecular complexity index is 883. The number of likely N-dealkylation sites (N-methyl/N-ethyl adjacent to an activating group) is 1. The first-order valence-electron chi connectivity index (χ1n) is 8.24. The van der Waals surface area contributed by atoms with Crippen molar-refractivity contribution in [2.75, 3.05) is 33.2 Å². The van der Waals surface area contributed by atoms with E-state index in [4.69, 9.17) is 4.74 Å². The zero-order valence-corrected chi connectivity index (χ0v) is 14.5. The largest absolute Gasteiger partial charge is 0.447 e. The monoisotopic (exact) mass is 377 g/mol. The third kappa shape index (κ3) is 4.20. The molecule has 2 aromatic rings. The summed E-state index contributed by atoms with van der Waals surface area (Å²) in [5.74, 6) is -2.75. The Morgan fingerprint density at radius 2 is 1.78 bits per heavy atom. The van der Waals surface area contributed by atoms with Gasteiger partial charge in [0.05, 0.1) is 4.92 Å². The quantitative estimate of drug-likeness (QED) is 0.605. The minimum absolute atomic E-state index is 0.197. The van der Waals surface area contributed by atoms with Crippen LogP contribution in [0.5, 0.6) is 11.5 Å². The Hall–Kier alpha value is -3.07. The van der Waals surface area contributed by atoms with E-state index >= 15 is 0 Å². The molecule has 1 aliphatic heterocycles. The summed E-state index contributed by atoms with van der Waals surface area (Å²) in [6.45, 7) is 2.52. The van der Waals surface area contributed by atoms with Crippen molar-refractivity contribution < 1.29 is 23.2 Å². The van der Waals surface area contributed by atoms with Crippen molar-refractivity contribution in [3.8, 4) is 11.5 Å². The second-order valence-electron chi connectivity index (χ2n) is 6.21. The molecule has 1 fully saturated rings. The van der Waals surface area contributed by atoms with Gasteiger partial charge in [-0.15, -0.1) is 0 Å². The molecule has 2 aromatic carbocycles. The first kappa shape index (κ1) is 18.7. The molecule has 0 spiro atoms. The zero-order chi connectivity index (χ0) is 19.6. The highest BCUT2D eigenvalue weighted by molar-refractivity contribution is 5.95. The van der Waals surface area contributed by atoms with Crippen LogP contribution in [0.25, 0.3) is 0 Å². The lowest BCUT2D eigenvalue weighted by atomic mass is 10.1. The molecule has 3 rings (SSSR count). The van der Waals surface area contributed by atoms with Gasteiger partial charge in [0.1, 0.15) is 5.82 Å². The Labute approximate surface area is 153 Å². The minimum Gasteiger partial charge on any atom is -0.447 e. The first-order valence-corrected chi connectivity index (χ1v) is 8.24. The van der Waals surface area contributed by atoms with E-state index in [0.717, 1.165) is 31.3 Å². The van der Waals surface area contributed by atoms with Crippen molar-refractivity contribution in [3.05, 3.63) is 63.7 Å². The van der Waals surface area contributed by atoms with E-state index in [2.05, 4.69) is 4.90 Å². The summed E-state index contributed by atoms with van der Waals surface area (Å²) in [7, 11) is 1.96. The second-order valence-corrected chi connectivity index (χ2v) is 6.21. The standard InChI is InChI=1S/C18H17F2N3O4/c1-21-6-8-22(9-7-21)18(24)12-2-4-15(23(25)26)17(10-12)27-16-5-3-13(19)11-14(16)20/h2-5,10-11H,6-9H2,1H3. The zero-order valence-electron chi connectivity index (χ0n) is 14.5. The molecule has 0 radical (unpaired) electrons. The normalized spacial score (nSPS) is 14.9. The summed E-state index contributed by atoms with van der Waals surface area (Å²) in [5, 5.41) is 11.2. The predicted molar refractivity (Wildman–Crippen MR) is 92.9 cm³/mol. The third-order valence-electron chi connectivity index (χ3n) is 4.31. The summed E-state index contributed by atoms with van der Waals surface area (Å²) < 4.78 is 32.2. The van der Waals surface area contributed by atoms with Crippen LogP contribution in [0.1, 0.15) is 10.4 Å². The molecule has 27 heavy (non-hydrogen) atoms. The number of nitro benzene ring substituents is 1. The van der Waals surface area contributed by atoms with Gasteiger partial charge in [0.2, 0.25) is 5.75 Å². The lowest BCUT2D eigenvalue weighted by Crippen LogP contribution is -2.47. The van der Waals surface area contributed by atoms with Gasteiger partial charge in [-0.2, -0.15) is 0 Å². The smallest absolute Gasteiger partial charge is 0.311 e. The SMILES string of the molecule is CN1CCN(C(=O)c2ccc([N+](=O)[O-])c(Oc3ccc(F)cc3F)c2)CC1. The molecule has 7 nitrogen and oxygen atoms in total. The van der Waals surface area contributed by atoms with Gasteiger partial charge < -0.3 is 14.5 Å². The Morgan fingerprint density at radius 3 is 2.41 bits per heavy atom. The summed E-state index contributed by atoms with van der Waals surface area (Å²) in [6, 6.07) is 6.31. The fourth-order valence-electron chi connectivity index (χ4n) is 2.75. The minimum atomic E-state index is -1.000. The molecule has 1 saturated heterocycles. The van der Waals surface area contributed by atoms with E-state index < -0.39 is 22.2 Å². The number of benzene rings is 2. The predicted octanol–water partition coefficient (Wildman–Crippen LogP) is 3.05. The number of hydrogen-bond donors (Lipinski definition) is 0. The highest BCUT2D eigenvalue weighted by Crippen LogP contribution is 2.34. The number of nitro groups is 1. The molecule has 1 aliphatic rings. The van der Waals surface area contributed by atoms with Crippen molar-refractivity contribution in [3.63, 3.8) is 0 Å². The van der Waals surface area contributed by atoms with Crippen LogP contribution in [0.4, 0.5) is 14.5 Å². The van der Waals surface area contributed by atoms with E-state index in [9.17, 15) is 23.7 Å². The lowest BCUT2D eigenvalue weighted by Gasteiger charge is -2.32. The number of hydrogen-bond acceptors (Lipinski definition) is 5. The van der Waals surface area contributed by atoms with Gasteiger partial charge in [-0.25, -0.2) is 8.78 Å². The number of piperazine rings is 1. The van der Waals surface area contributed by atoms with Crippen molar-refractivity contribution in [2.45, 2.75) is 0 Å². The van der Waals surface area contributed by atoms with Crippen LogP contribution in [0.2, 0.25) is 0 Å². The molecule has 142 valence electrons. The van der Waals surface area contributed by atoms with Gasteiger partial charge >= 0.3 is 5.69 Å². The van der Waals surface area contributed by atoms with Crippen molar-refractivity contribution in [1.29, 1.82) is 0 Å². The maximum absolute atomic E-state index is 13.8. The molecule has 0 N–H and O–H groups in total. The number of amides is 1. The Kier molecular flexibility index (Phi) is 5.31. The highest BCUT2D eigenvalue weighted by Gasteiger charge is 2.24. The van der Waals surface area contributed by atoms with Gasteiger partial charge in [0.25, 0.3) is 5.91 Å². The van der Waals surface area contributed by atoms with E-state index in [1.807, 2.05) is 7.05 Å². The van der Waals surface area contributed by atoms with Gasteiger partial charge in [0.15, 0.2) is 11.6 Å². The topological polar surface area (TPSA) is 75.9 Å². The highest BCUT2D eigenvalue weighted by atomic mass is 19.1. The van der Waals surface area contributed by atoms with Crippen LogP contribution in [0.15, 0.2) is 36.4 Å². The molecule has 0 aliphatic carbocycles. The Balaban J connectivity index is 1.90. The molecular weight excluding hydrogens is 360 g/mol. The van der Waals surface area contributed by atoms with Crippen LogP contribution in [-0.4, -0.2) is 53.9 Å². The molecule has 1 amide bonds. The van der Waals surface area contributed by atoms with Crippen LogP contribution in [0.3, 0.4) is 0 Å². The fourth-order valence-corrected chi connectivity index (χ4v) is 2.75. The molecule has 0 bridgehead atoms. The number of carbonyl (C=O) groups excluding carboxylic acids is 1. The number of ether oxygens (including phenoxy) is 1. The van der Waals surface area contributed by atoms with Crippen LogP contribution < -0.4 is 4.74 Å². The van der Waals surface area contributed by atoms with E-state index in [1.54, 1.807) is 4.90 Å². The van der Waals surface area contributed by atoms with E-state index in [0.29, 0.717) is 19.2 Å². The maximum Gasteiger partial charge on any atom is 0.311 e. The van der Waals surface area contributed by atoms with Crippen molar-refractivity contribution >= 4 is 11.6 Å². The van der Waals surface area contributed by atoms with E-state index in [1.165, 1.54) is 12.1 Å². The molecule has 1 heterocycles. The fraction of sp³-hybridized carbons (Fsp3) is 0.278. The molecule has 0 saturated carbocycles. The molecule has 0 aromatic heterocycles. The number of nitrogens with zero attached hydrogens (tertiary/aromatic N) is 3. The summed E-state index contributed by atoms with van der Waals surface area (Å²) in [6.07, 6.45) is 0. The second kappa shape index (κ2) is 7.67. The number of rotatable bonds is 4. The number of carbonyl (C=O) groups is 1. The molecule has 0 unspecified atom stereocenters. The van der Waals surface area contributed by atoms with Crippen molar-refractivity contribution in [2.24, 2.45) is 0 Å². The van der Waals surface area contributed by atoms with E-state index in [-0.39, 0.29) is 23.0 Å². The van der Waals surface area contributed by atoms with Gasteiger partial charge in [0, 0.05) is 49.9 Å². The molecule has 0 atom stereocenters.